The third-order valence-electron chi connectivity index (χ3n) is 3.58. The van der Waals surface area contributed by atoms with Crippen molar-refractivity contribution in [3.63, 3.8) is 0 Å². The molecule has 1 aromatic rings. The maximum atomic E-state index is 12.0. The van der Waals surface area contributed by atoms with Crippen molar-refractivity contribution in [2.75, 3.05) is 11.4 Å². The fourth-order valence-electron chi connectivity index (χ4n) is 2.19. The second-order valence-electron chi connectivity index (χ2n) is 5.61. The van der Waals surface area contributed by atoms with Gasteiger partial charge in [-0.1, -0.05) is 13.0 Å². The Morgan fingerprint density at radius 2 is 1.95 bits per heavy atom. The Hall–Kier alpha value is -2.17. The Kier molecular flexibility index (Phi) is 3.38. The van der Waals surface area contributed by atoms with Gasteiger partial charge in [-0.15, -0.1) is 0 Å². The van der Waals surface area contributed by atoms with Crippen molar-refractivity contribution in [1.82, 2.24) is 0 Å². The van der Waals surface area contributed by atoms with Crippen molar-refractivity contribution in [3.05, 3.63) is 29.3 Å². The van der Waals surface area contributed by atoms with Gasteiger partial charge in [0, 0.05) is 6.54 Å². The molecule has 0 fully saturated rings. The van der Waals surface area contributed by atoms with E-state index >= 15 is 0 Å². The second kappa shape index (κ2) is 4.74. The molecular formula is C15H17NO4. The summed E-state index contributed by atoms with van der Waals surface area (Å²) in [7, 11) is 0. The summed E-state index contributed by atoms with van der Waals surface area (Å²) in [5, 5.41) is 9.16. The fraction of sp³-hybridized carbons (Fsp3) is 0.400. The zero-order valence-electron chi connectivity index (χ0n) is 11.8. The summed E-state index contributed by atoms with van der Waals surface area (Å²) in [6, 6.07) is 5.28. The summed E-state index contributed by atoms with van der Waals surface area (Å²) >= 11 is 0. The normalized spacial score (nSPS) is 14.7. The van der Waals surface area contributed by atoms with Crippen molar-refractivity contribution >= 4 is 23.3 Å². The van der Waals surface area contributed by atoms with Crippen LogP contribution in [0.15, 0.2) is 18.2 Å². The van der Waals surface area contributed by atoms with Gasteiger partial charge in [-0.2, -0.15) is 0 Å². The van der Waals surface area contributed by atoms with Crippen LogP contribution in [-0.2, 0) is 16.0 Å². The average Bonchev–Trinajstić information content (AvgIpc) is 2.63. The number of carbonyl (C=O) groups excluding carboxylic acids is 2. The summed E-state index contributed by atoms with van der Waals surface area (Å²) < 4.78 is 0. The number of ketones is 1. The molecule has 1 aromatic carbocycles. The molecule has 0 radical (unpaired) electrons. The molecule has 0 saturated heterocycles. The van der Waals surface area contributed by atoms with E-state index in [0.29, 0.717) is 11.3 Å². The van der Waals surface area contributed by atoms with E-state index in [0.717, 1.165) is 12.0 Å². The Morgan fingerprint density at radius 1 is 1.30 bits per heavy atom. The van der Waals surface area contributed by atoms with Gasteiger partial charge >= 0.3 is 5.97 Å². The molecule has 5 heteroatoms. The summed E-state index contributed by atoms with van der Waals surface area (Å²) in [5.74, 6) is -2.21. The number of carboxylic acids is 1. The fourth-order valence-corrected chi connectivity index (χ4v) is 2.19. The zero-order chi connectivity index (χ0) is 15.1. The molecule has 1 heterocycles. The van der Waals surface area contributed by atoms with Crippen LogP contribution in [0, 0.1) is 5.41 Å². The summed E-state index contributed by atoms with van der Waals surface area (Å²) in [6.07, 6.45) is 0.773. The van der Waals surface area contributed by atoms with Gasteiger partial charge in [0.05, 0.1) is 16.7 Å². The van der Waals surface area contributed by atoms with E-state index in [1.165, 1.54) is 18.7 Å². The van der Waals surface area contributed by atoms with Gasteiger partial charge in [0.1, 0.15) is 0 Å². The molecule has 0 atom stereocenters. The van der Waals surface area contributed by atoms with Crippen molar-refractivity contribution in [3.8, 4) is 0 Å². The topological polar surface area (TPSA) is 74.7 Å². The van der Waals surface area contributed by atoms with E-state index < -0.39 is 23.1 Å². The molecule has 0 aromatic heterocycles. The van der Waals surface area contributed by atoms with Crippen LogP contribution in [-0.4, -0.2) is 29.3 Å². The monoisotopic (exact) mass is 275 g/mol. The van der Waals surface area contributed by atoms with E-state index in [2.05, 4.69) is 0 Å². The minimum Gasteiger partial charge on any atom is -0.481 e. The average molecular weight is 275 g/mol. The van der Waals surface area contributed by atoms with Crippen molar-refractivity contribution in [2.24, 2.45) is 5.41 Å². The number of carbonyl (C=O) groups is 3. The SMILES string of the molecule is CCc1ccc2c(c1)C(=O)C(=O)N2CC(C)(C)C(=O)O. The van der Waals surface area contributed by atoms with Gasteiger partial charge < -0.3 is 10.0 Å². The highest BCUT2D eigenvalue weighted by atomic mass is 16.4. The molecular weight excluding hydrogens is 258 g/mol. The van der Waals surface area contributed by atoms with Crippen LogP contribution in [0.3, 0.4) is 0 Å². The van der Waals surface area contributed by atoms with E-state index in [9.17, 15) is 14.4 Å². The first-order valence-electron chi connectivity index (χ1n) is 6.50. The Labute approximate surface area is 117 Å². The Balaban J connectivity index is 2.41. The number of anilines is 1. The lowest BCUT2D eigenvalue weighted by atomic mass is 9.93. The lowest BCUT2D eigenvalue weighted by molar-refractivity contribution is -0.146. The molecule has 1 amide bonds. The molecule has 0 saturated carbocycles. The highest BCUT2D eigenvalue weighted by Crippen LogP contribution is 2.32. The lowest BCUT2D eigenvalue weighted by Crippen LogP contribution is -2.41. The van der Waals surface area contributed by atoms with Crippen LogP contribution in [0.4, 0.5) is 5.69 Å². The number of nitrogens with zero attached hydrogens (tertiary/aromatic N) is 1. The second-order valence-corrected chi connectivity index (χ2v) is 5.61. The summed E-state index contributed by atoms with van der Waals surface area (Å²) in [4.78, 5) is 36.5. The molecule has 20 heavy (non-hydrogen) atoms. The number of Topliss-reactive ketones (excluding diaryl/α,β-unsaturated/α-hetero) is 1. The van der Waals surface area contributed by atoms with Gasteiger partial charge in [-0.25, -0.2) is 0 Å². The van der Waals surface area contributed by atoms with E-state index in [-0.39, 0.29) is 6.54 Å². The molecule has 1 N–H and O–H groups in total. The largest absolute Gasteiger partial charge is 0.481 e. The zero-order valence-corrected chi connectivity index (χ0v) is 11.8. The Bertz CT molecular complexity index is 604. The molecule has 0 aliphatic carbocycles. The number of fused-ring (bicyclic) bond motifs is 1. The molecule has 0 bridgehead atoms. The highest BCUT2D eigenvalue weighted by molar-refractivity contribution is 6.52. The highest BCUT2D eigenvalue weighted by Gasteiger charge is 2.40. The number of benzene rings is 1. The number of carboxylic acid groups (broad SMARTS) is 1. The molecule has 2 rings (SSSR count). The number of aliphatic carboxylic acids is 1. The molecule has 1 aliphatic rings. The number of rotatable bonds is 4. The first-order chi connectivity index (χ1) is 9.27. The molecule has 0 unspecified atom stereocenters. The van der Waals surface area contributed by atoms with Gasteiger partial charge in [0.25, 0.3) is 11.7 Å². The molecule has 106 valence electrons. The minimum atomic E-state index is -1.11. The number of hydrogen-bond acceptors (Lipinski definition) is 3. The van der Waals surface area contributed by atoms with Crippen LogP contribution in [0.2, 0.25) is 0 Å². The van der Waals surface area contributed by atoms with Crippen molar-refractivity contribution in [2.45, 2.75) is 27.2 Å². The number of amides is 1. The molecule has 1 aliphatic heterocycles. The predicted molar refractivity (Wildman–Crippen MR) is 73.9 cm³/mol. The van der Waals surface area contributed by atoms with Crippen molar-refractivity contribution in [1.29, 1.82) is 0 Å². The van der Waals surface area contributed by atoms with Gasteiger partial charge in [-0.3, -0.25) is 14.4 Å². The van der Waals surface area contributed by atoms with Gasteiger partial charge in [-0.05, 0) is 38.0 Å². The maximum Gasteiger partial charge on any atom is 0.310 e. The van der Waals surface area contributed by atoms with Crippen LogP contribution in [0.25, 0.3) is 0 Å². The van der Waals surface area contributed by atoms with Crippen LogP contribution < -0.4 is 4.90 Å². The van der Waals surface area contributed by atoms with Crippen LogP contribution in [0.5, 0.6) is 0 Å². The van der Waals surface area contributed by atoms with E-state index in [1.54, 1.807) is 12.1 Å². The first kappa shape index (κ1) is 14.2. The van der Waals surface area contributed by atoms with Gasteiger partial charge in [0.15, 0.2) is 0 Å². The van der Waals surface area contributed by atoms with E-state index in [4.69, 9.17) is 5.11 Å². The first-order valence-corrected chi connectivity index (χ1v) is 6.50. The van der Waals surface area contributed by atoms with Crippen LogP contribution >= 0.6 is 0 Å². The predicted octanol–water partition coefficient (Wildman–Crippen LogP) is 1.89. The standard InChI is InChI=1S/C15H17NO4/c1-4-9-5-6-11-10(7-9)12(17)13(18)16(11)8-15(2,3)14(19)20/h5-7H,4,8H2,1-3H3,(H,19,20). The minimum absolute atomic E-state index is 0.0224. The number of aryl methyl sites for hydroxylation is 1. The quantitative estimate of drug-likeness (QED) is 0.851. The molecule has 5 nitrogen and oxygen atoms in total. The van der Waals surface area contributed by atoms with Crippen molar-refractivity contribution < 1.29 is 19.5 Å². The van der Waals surface area contributed by atoms with Gasteiger partial charge in [0.2, 0.25) is 0 Å². The maximum absolute atomic E-state index is 12.0. The van der Waals surface area contributed by atoms with E-state index in [1.807, 2.05) is 13.0 Å². The summed E-state index contributed by atoms with van der Waals surface area (Å²) in [6.45, 7) is 5.01. The lowest BCUT2D eigenvalue weighted by Gasteiger charge is -2.26. The Morgan fingerprint density at radius 3 is 2.50 bits per heavy atom. The summed E-state index contributed by atoms with van der Waals surface area (Å²) in [5.41, 5.74) is 0.743. The number of hydrogen-bond donors (Lipinski definition) is 1. The molecule has 0 spiro atoms. The third-order valence-corrected chi connectivity index (χ3v) is 3.58. The smallest absolute Gasteiger partial charge is 0.310 e. The van der Waals surface area contributed by atoms with Crippen LogP contribution in [0.1, 0.15) is 36.7 Å². The third kappa shape index (κ3) is 2.19.